The van der Waals surface area contributed by atoms with Crippen LogP contribution >= 0.6 is 11.8 Å². The molecule has 2 N–H and O–H groups in total. The molecular formula is C8H16N2S. The number of hydrogen-bond donors (Lipinski definition) is 2. The van der Waals surface area contributed by atoms with Crippen molar-refractivity contribution in [3.63, 3.8) is 0 Å². The summed E-state index contributed by atoms with van der Waals surface area (Å²) >= 11 is 2.14. The molecule has 2 aliphatic heterocycles. The van der Waals surface area contributed by atoms with E-state index in [1.165, 1.54) is 25.0 Å². The second-order valence-corrected chi connectivity index (χ2v) is 4.93. The Morgan fingerprint density at radius 1 is 1.36 bits per heavy atom. The van der Waals surface area contributed by atoms with Gasteiger partial charge in [-0.25, -0.2) is 0 Å². The lowest BCUT2D eigenvalue weighted by atomic mass is 10.1. The van der Waals surface area contributed by atoms with Crippen LogP contribution in [0, 0.1) is 0 Å². The maximum Gasteiger partial charge on any atom is 0.0347 e. The monoisotopic (exact) mass is 172 g/mol. The number of hydrazine groups is 1. The third-order valence-electron chi connectivity index (χ3n) is 2.54. The summed E-state index contributed by atoms with van der Waals surface area (Å²) in [6, 6.07) is 1.40. The van der Waals surface area contributed by atoms with Crippen molar-refractivity contribution < 1.29 is 0 Å². The van der Waals surface area contributed by atoms with Gasteiger partial charge in [-0.1, -0.05) is 0 Å². The zero-order chi connectivity index (χ0) is 7.68. The minimum absolute atomic E-state index is 0.668. The molecule has 3 atom stereocenters. The van der Waals surface area contributed by atoms with E-state index in [4.69, 9.17) is 0 Å². The van der Waals surface area contributed by atoms with Crippen molar-refractivity contribution in [1.29, 1.82) is 0 Å². The molecule has 2 fully saturated rings. The van der Waals surface area contributed by atoms with Crippen molar-refractivity contribution in [3.8, 4) is 0 Å². The van der Waals surface area contributed by atoms with Crippen molar-refractivity contribution in [2.45, 2.75) is 43.5 Å². The van der Waals surface area contributed by atoms with Gasteiger partial charge < -0.3 is 0 Å². The topological polar surface area (TPSA) is 24.1 Å². The predicted octanol–water partition coefficient (Wildman–Crippen LogP) is 1.14. The summed E-state index contributed by atoms with van der Waals surface area (Å²) in [5.41, 5.74) is 6.66. The standard InChI is InChI=1S/C8H16N2S/c1-6-5-7(10-9-6)8-3-2-4-11-8/h6-10H,2-5H2,1H3. The van der Waals surface area contributed by atoms with E-state index in [9.17, 15) is 0 Å². The van der Waals surface area contributed by atoms with Crippen LogP contribution in [0.2, 0.25) is 0 Å². The summed E-state index contributed by atoms with van der Waals surface area (Å²) in [6.07, 6.45) is 4.14. The molecule has 3 heteroatoms. The Kier molecular flexibility index (Phi) is 2.39. The number of thioether (sulfide) groups is 1. The SMILES string of the molecule is CC1CC(C2CCCS2)NN1. The molecule has 2 nitrogen and oxygen atoms in total. The Hall–Kier alpha value is 0.270. The van der Waals surface area contributed by atoms with Crippen LogP contribution in [0.3, 0.4) is 0 Å². The molecule has 2 aliphatic rings. The van der Waals surface area contributed by atoms with Crippen LogP contribution in [0.15, 0.2) is 0 Å². The maximum atomic E-state index is 3.38. The molecule has 0 spiro atoms. The first-order valence-corrected chi connectivity index (χ1v) is 5.54. The zero-order valence-electron chi connectivity index (χ0n) is 6.97. The lowest BCUT2D eigenvalue weighted by molar-refractivity contribution is 0.521. The van der Waals surface area contributed by atoms with E-state index in [1.54, 1.807) is 0 Å². The lowest BCUT2D eigenvalue weighted by Gasteiger charge is -2.15. The van der Waals surface area contributed by atoms with Gasteiger partial charge in [-0.05, 0) is 31.9 Å². The Bertz CT molecular complexity index is 134. The largest absolute Gasteiger partial charge is 0.255 e. The fourth-order valence-electron chi connectivity index (χ4n) is 1.91. The molecule has 0 aromatic carbocycles. The number of hydrogen-bond acceptors (Lipinski definition) is 3. The molecule has 2 rings (SSSR count). The first-order valence-electron chi connectivity index (χ1n) is 4.49. The summed E-state index contributed by atoms with van der Waals surface area (Å²) < 4.78 is 0. The van der Waals surface area contributed by atoms with Crippen molar-refractivity contribution in [2.75, 3.05) is 5.75 Å². The molecule has 0 saturated carbocycles. The molecular weight excluding hydrogens is 156 g/mol. The second kappa shape index (κ2) is 3.33. The highest BCUT2D eigenvalue weighted by Crippen LogP contribution is 2.31. The molecule has 0 aromatic heterocycles. The normalized spacial score (nSPS) is 45.0. The molecule has 0 aromatic rings. The zero-order valence-corrected chi connectivity index (χ0v) is 7.79. The Labute approximate surface area is 72.5 Å². The average Bonchev–Trinajstić information content (AvgIpc) is 2.55. The van der Waals surface area contributed by atoms with E-state index >= 15 is 0 Å². The van der Waals surface area contributed by atoms with Gasteiger partial charge in [0.1, 0.15) is 0 Å². The van der Waals surface area contributed by atoms with Crippen molar-refractivity contribution in [1.82, 2.24) is 10.9 Å². The smallest absolute Gasteiger partial charge is 0.0347 e. The van der Waals surface area contributed by atoms with Gasteiger partial charge in [0.2, 0.25) is 0 Å². The van der Waals surface area contributed by atoms with Crippen LogP contribution in [0.25, 0.3) is 0 Å². The first-order chi connectivity index (χ1) is 5.36. The molecule has 0 amide bonds. The van der Waals surface area contributed by atoms with Gasteiger partial charge in [-0.2, -0.15) is 11.8 Å². The Morgan fingerprint density at radius 3 is 2.82 bits per heavy atom. The van der Waals surface area contributed by atoms with Gasteiger partial charge in [0.15, 0.2) is 0 Å². The van der Waals surface area contributed by atoms with E-state index in [0.717, 1.165) is 11.3 Å². The van der Waals surface area contributed by atoms with Gasteiger partial charge in [-0.3, -0.25) is 10.9 Å². The predicted molar refractivity (Wildman–Crippen MR) is 49.6 cm³/mol. The Morgan fingerprint density at radius 2 is 2.27 bits per heavy atom. The number of nitrogens with one attached hydrogen (secondary N) is 2. The summed E-state index contributed by atoms with van der Waals surface area (Å²) in [5.74, 6) is 1.37. The van der Waals surface area contributed by atoms with Crippen LogP contribution in [-0.4, -0.2) is 23.1 Å². The molecule has 0 aliphatic carbocycles. The molecule has 2 saturated heterocycles. The van der Waals surface area contributed by atoms with Crippen LogP contribution in [0.1, 0.15) is 26.2 Å². The molecule has 0 radical (unpaired) electrons. The quantitative estimate of drug-likeness (QED) is 0.620. The minimum atomic E-state index is 0.668. The number of rotatable bonds is 1. The highest BCUT2D eigenvalue weighted by molar-refractivity contribution is 8.00. The van der Waals surface area contributed by atoms with Crippen LogP contribution < -0.4 is 10.9 Å². The average molecular weight is 172 g/mol. The van der Waals surface area contributed by atoms with Gasteiger partial charge in [-0.15, -0.1) is 0 Å². The highest BCUT2D eigenvalue weighted by atomic mass is 32.2. The molecule has 2 heterocycles. The van der Waals surface area contributed by atoms with Gasteiger partial charge in [0.25, 0.3) is 0 Å². The highest BCUT2D eigenvalue weighted by Gasteiger charge is 2.30. The van der Waals surface area contributed by atoms with E-state index in [1.807, 2.05) is 0 Å². The summed E-state index contributed by atoms with van der Waals surface area (Å²) in [7, 11) is 0. The second-order valence-electron chi connectivity index (χ2n) is 3.58. The maximum absolute atomic E-state index is 3.38. The third-order valence-corrected chi connectivity index (χ3v) is 4.05. The summed E-state index contributed by atoms with van der Waals surface area (Å²) in [4.78, 5) is 0. The van der Waals surface area contributed by atoms with Crippen LogP contribution in [0.4, 0.5) is 0 Å². The van der Waals surface area contributed by atoms with Crippen molar-refractivity contribution in [3.05, 3.63) is 0 Å². The minimum Gasteiger partial charge on any atom is -0.255 e. The van der Waals surface area contributed by atoms with Crippen LogP contribution in [0.5, 0.6) is 0 Å². The molecule has 11 heavy (non-hydrogen) atoms. The van der Waals surface area contributed by atoms with Gasteiger partial charge in [0.05, 0.1) is 0 Å². The van der Waals surface area contributed by atoms with Crippen LogP contribution in [-0.2, 0) is 0 Å². The van der Waals surface area contributed by atoms with E-state index in [0.29, 0.717) is 6.04 Å². The molecule has 64 valence electrons. The van der Waals surface area contributed by atoms with E-state index < -0.39 is 0 Å². The van der Waals surface area contributed by atoms with Crippen molar-refractivity contribution >= 4 is 11.8 Å². The lowest BCUT2D eigenvalue weighted by Crippen LogP contribution is -2.37. The van der Waals surface area contributed by atoms with E-state index in [2.05, 4.69) is 29.5 Å². The first kappa shape index (κ1) is 7.90. The fraction of sp³-hybridized carbons (Fsp3) is 1.00. The van der Waals surface area contributed by atoms with Gasteiger partial charge >= 0.3 is 0 Å². The van der Waals surface area contributed by atoms with Gasteiger partial charge in [0, 0.05) is 17.3 Å². The van der Waals surface area contributed by atoms with E-state index in [-0.39, 0.29) is 0 Å². The third kappa shape index (κ3) is 1.71. The van der Waals surface area contributed by atoms with Crippen molar-refractivity contribution in [2.24, 2.45) is 0 Å². The molecule has 0 bridgehead atoms. The fourth-order valence-corrected chi connectivity index (χ4v) is 3.29. The summed E-state index contributed by atoms with van der Waals surface area (Å²) in [5, 5.41) is 0.882. The molecule has 3 unspecified atom stereocenters. The Balaban J connectivity index is 1.85. The summed E-state index contributed by atoms with van der Waals surface area (Å²) in [6.45, 7) is 2.24.